The summed E-state index contributed by atoms with van der Waals surface area (Å²) in [6.45, 7) is 11.5. The van der Waals surface area contributed by atoms with Crippen LogP contribution in [0.3, 0.4) is 0 Å². The van der Waals surface area contributed by atoms with Crippen LogP contribution in [0.4, 0.5) is 0 Å². The summed E-state index contributed by atoms with van der Waals surface area (Å²) in [4.78, 5) is 14.5. The maximum absolute atomic E-state index is 14.5. The van der Waals surface area contributed by atoms with Crippen LogP contribution in [0.1, 0.15) is 98.8 Å². The van der Waals surface area contributed by atoms with Gasteiger partial charge in [-0.2, -0.15) is 0 Å². The van der Waals surface area contributed by atoms with Gasteiger partial charge in [0.15, 0.2) is 5.78 Å². The SMILES string of the molecule is CC1(C)CC[C@@]2(CO)[C@H](C1)C1=CC(=O)[C@@H]3[C@@]4(C)[C@@H]5CCC[C@](CO)([C@H]4CC[C@@]3(C)[C@]1(C)C[C@@H]2O)[C@@H](O)C5. The van der Waals surface area contributed by atoms with E-state index in [-0.39, 0.29) is 64.3 Å². The summed E-state index contributed by atoms with van der Waals surface area (Å²) in [6, 6.07) is 0. The molecule has 6 fully saturated rings. The number of aliphatic hydroxyl groups excluding tert-OH is 4. The Morgan fingerprint density at radius 1 is 0.865 bits per heavy atom. The van der Waals surface area contributed by atoms with E-state index in [0.29, 0.717) is 12.8 Å². The molecule has 0 radical (unpaired) electrons. The largest absolute Gasteiger partial charge is 0.396 e. The molecule has 0 saturated heterocycles. The molecule has 208 valence electrons. The molecule has 5 nitrogen and oxygen atoms in total. The van der Waals surface area contributed by atoms with Crippen LogP contribution in [-0.2, 0) is 4.79 Å². The van der Waals surface area contributed by atoms with Crippen LogP contribution in [0.15, 0.2) is 11.6 Å². The Bertz CT molecular complexity index is 1020. The van der Waals surface area contributed by atoms with Crippen molar-refractivity contribution in [2.45, 2.75) is 111 Å². The van der Waals surface area contributed by atoms with Crippen LogP contribution in [0.5, 0.6) is 0 Å². The molecule has 0 amide bonds. The molecule has 0 aliphatic heterocycles. The van der Waals surface area contributed by atoms with Crippen molar-refractivity contribution in [2.75, 3.05) is 13.2 Å². The van der Waals surface area contributed by atoms with Crippen LogP contribution < -0.4 is 0 Å². The molecule has 0 spiro atoms. The lowest BCUT2D eigenvalue weighted by Gasteiger charge is -2.72. The lowest BCUT2D eigenvalue weighted by Crippen LogP contribution is -2.70. The monoisotopic (exact) mass is 514 g/mol. The average Bonchev–Trinajstić information content (AvgIpc) is 3.07. The molecule has 5 heteroatoms. The fourth-order valence-corrected chi connectivity index (χ4v) is 12.0. The van der Waals surface area contributed by atoms with Gasteiger partial charge >= 0.3 is 0 Å². The topological polar surface area (TPSA) is 98.0 Å². The molecule has 0 unspecified atom stereocenters. The number of aliphatic hydroxyl groups is 4. The molecule has 7 aliphatic rings. The van der Waals surface area contributed by atoms with Crippen molar-refractivity contribution in [3.05, 3.63) is 11.6 Å². The average molecular weight is 515 g/mol. The van der Waals surface area contributed by atoms with Crippen molar-refractivity contribution in [3.8, 4) is 0 Å². The van der Waals surface area contributed by atoms with E-state index in [1.807, 2.05) is 6.08 Å². The third kappa shape index (κ3) is 2.99. The van der Waals surface area contributed by atoms with Gasteiger partial charge in [-0.15, -0.1) is 0 Å². The summed E-state index contributed by atoms with van der Waals surface area (Å²) in [7, 11) is 0. The molecule has 4 N–H and O–H groups in total. The van der Waals surface area contributed by atoms with E-state index in [0.717, 1.165) is 51.4 Å². The minimum Gasteiger partial charge on any atom is -0.396 e. The Balaban J connectivity index is 1.52. The zero-order valence-corrected chi connectivity index (χ0v) is 23.7. The molecule has 7 rings (SSSR count). The van der Waals surface area contributed by atoms with Gasteiger partial charge in [0.05, 0.1) is 25.4 Å². The van der Waals surface area contributed by atoms with Gasteiger partial charge in [-0.25, -0.2) is 0 Å². The first-order chi connectivity index (χ1) is 17.3. The fraction of sp³-hybridized carbons (Fsp3) is 0.906. The second-order valence-corrected chi connectivity index (χ2v) is 15.9. The number of rotatable bonds is 2. The minimum absolute atomic E-state index is 0.00792. The number of hydrogen-bond acceptors (Lipinski definition) is 5. The van der Waals surface area contributed by atoms with Gasteiger partial charge in [0.1, 0.15) is 0 Å². The Kier molecular flexibility index (Phi) is 5.67. The van der Waals surface area contributed by atoms with Gasteiger partial charge in [0, 0.05) is 16.7 Å². The maximum Gasteiger partial charge on any atom is 0.159 e. The van der Waals surface area contributed by atoms with E-state index >= 15 is 0 Å². The van der Waals surface area contributed by atoms with Crippen LogP contribution in [0, 0.1) is 56.2 Å². The third-order valence-corrected chi connectivity index (χ3v) is 14.3. The molecular weight excluding hydrogens is 464 g/mol. The second-order valence-electron chi connectivity index (χ2n) is 15.9. The van der Waals surface area contributed by atoms with Crippen LogP contribution in [-0.4, -0.2) is 51.6 Å². The lowest BCUT2D eigenvalue weighted by molar-refractivity contribution is -0.238. The molecule has 11 atom stereocenters. The van der Waals surface area contributed by atoms with Gasteiger partial charge in [0.2, 0.25) is 0 Å². The van der Waals surface area contributed by atoms with Crippen molar-refractivity contribution in [1.29, 1.82) is 0 Å². The smallest absolute Gasteiger partial charge is 0.159 e. The molecule has 6 saturated carbocycles. The van der Waals surface area contributed by atoms with E-state index in [1.165, 1.54) is 5.57 Å². The van der Waals surface area contributed by atoms with E-state index in [2.05, 4.69) is 34.6 Å². The molecule has 7 aliphatic carbocycles. The predicted octanol–water partition coefficient (Wildman–Crippen LogP) is 4.65. The Morgan fingerprint density at radius 2 is 1.57 bits per heavy atom. The van der Waals surface area contributed by atoms with Crippen molar-refractivity contribution >= 4 is 5.78 Å². The zero-order chi connectivity index (χ0) is 26.8. The lowest BCUT2D eigenvalue weighted by atomic mass is 9.32. The third-order valence-electron chi connectivity index (χ3n) is 14.3. The second kappa shape index (κ2) is 7.92. The highest BCUT2D eigenvalue weighted by Crippen LogP contribution is 2.77. The van der Waals surface area contributed by atoms with Crippen molar-refractivity contribution in [2.24, 2.45) is 56.2 Å². The number of carbonyl (C=O) groups excluding carboxylic acids is 1. The molecule has 0 aromatic rings. The first-order valence-corrected chi connectivity index (χ1v) is 15.1. The van der Waals surface area contributed by atoms with Gasteiger partial charge < -0.3 is 20.4 Å². The first kappa shape index (κ1) is 26.5. The molecule has 0 aromatic carbocycles. The van der Waals surface area contributed by atoms with Gasteiger partial charge in [0.25, 0.3) is 0 Å². The highest BCUT2D eigenvalue weighted by atomic mass is 16.3. The van der Waals surface area contributed by atoms with E-state index in [9.17, 15) is 25.2 Å². The molecule has 2 bridgehead atoms. The van der Waals surface area contributed by atoms with Gasteiger partial charge in [-0.1, -0.05) is 46.6 Å². The van der Waals surface area contributed by atoms with Crippen LogP contribution >= 0.6 is 0 Å². The van der Waals surface area contributed by atoms with Crippen molar-refractivity contribution in [3.63, 3.8) is 0 Å². The van der Waals surface area contributed by atoms with Crippen LogP contribution in [0.2, 0.25) is 0 Å². The number of fused-ring (bicyclic) bond motifs is 8. The van der Waals surface area contributed by atoms with E-state index in [1.54, 1.807) is 0 Å². The number of allylic oxidation sites excluding steroid dienone is 2. The number of hydrogen-bond donors (Lipinski definition) is 4. The quantitative estimate of drug-likeness (QED) is 0.430. The first-order valence-electron chi connectivity index (χ1n) is 15.1. The molecule has 0 heterocycles. The Morgan fingerprint density at radius 3 is 2.24 bits per heavy atom. The van der Waals surface area contributed by atoms with Crippen LogP contribution in [0.25, 0.3) is 0 Å². The van der Waals surface area contributed by atoms with Gasteiger partial charge in [-0.3, -0.25) is 4.79 Å². The van der Waals surface area contributed by atoms with E-state index in [4.69, 9.17) is 0 Å². The fourth-order valence-electron chi connectivity index (χ4n) is 12.0. The van der Waals surface area contributed by atoms with Crippen molar-refractivity contribution in [1.82, 2.24) is 0 Å². The highest BCUT2D eigenvalue weighted by Gasteiger charge is 2.74. The normalized spacial score (nSPS) is 56.4. The number of carbonyl (C=O) groups is 1. The summed E-state index contributed by atoms with van der Waals surface area (Å²) in [5.41, 5.74) is -0.687. The molecular formula is C32H50O5. The van der Waals surface area contributed by atoms with Crippen molar-refractivity contribution < 1.29 is 25.2 Å². The van der Waals surface area contributed by atoms with Gasteiger partial charge in [-0.05, 0) is 103 Å². The summed E-state index contributed by atoms with van der Waals surface area (Å²) in [5, 5.41) is 44.6. The standard InChI is InChI=1S/C32H50O5/c1-27(2)11-12-31(17-33)21(15-27)20-14-22(35)26-28(3,29(20,4)16-25(31)37)10-8-23-30(26,5)19-7-6-9-32(23,18-34)24(36)13-19/h14,19,21,23-26,33-34,36-37H,6-13,15-18H2,1-5H3/t19-,21-,23+,24+,25+,26+,28-,29-,30+,31-,32+/m1/s1. The summed E-state index contributed by atoms with van der Waals surface area (Å²) < 4.78 is 0. The summed E-state index contributed by atoms with van der Waals surface area (Å²) >= 11 is 0. The Hall–Kier alpha value is -0.750. The summed E-state index contributed by atoms with van der Waals surface area (Å²) in [6.07, 6.45) is 9.45. The predicted molar refractivity (Wildman–Crippen MR) is 142 cm³/mol. The molecule has 37 heavy (non-hydrogen) atoms. The Labute approximate surface area is 223 Å². The zero-order valence-electron chi connectivity index (χ0n) is 23.7. The maximum atomic E-state index is 14.5. The molecule has 0 aromatic heterocycles. The summed E-state index contributed by atoms with van der Waals surface area (Å²) in [5.74, 6) is 0.447. The number of ketones is 1. The van der Waals surface area contributed by atoms with E-state index < -0.39 is 23.0 Å². The highest BCUT2D eigenvalue weighted by molar-refractivity contribution is 5.95. The minimum atomic E-state index is -0.590.